The molecule has 0 atom stereocenters. The Balaban J connectivity index is 2.16. The van der Waals surface area contributed by atoms with Gasteiger partial charge in [0.05, 0.1) is 17.4 Å². The van der Waals surface area contributed by atoms with Crippen LogP contribution in [-0.4, -0.2) is 28.4 Å². The van der Waals surface area contributed by atoms with Crippen molar-refractivity contribution in [2.75, 3.05) is 17.7 Å². The first-order valence-electron chi connectivity index (χ1n) is 6.56. The number of carbonyl (C=O) groups is 1. The maximum Gasteiger partial charge on any atom is 0.258 e. The van der Waals surface area contributed by atoms with Crippen molar-refractivity contribution < 1.29 is 18.7 Å². The summed E-state index contributed by atoms with van der Waals surface area (Å²) >= 11 is 1.43. The third-order valence-corrected chi connectivity index (χ3v) is 3.95. The van der Waals surface area contributed by atoms with Gasteiger partial charge in [0.2, 0.25) is 0 Å². The molecule has 1 amide bonds. The largest absolute Gasteiger partial charge is 0.396 e. The molecule has 0 aliphatic rings. The van der Waals surface area contributed by atoms with Crippen LogP contribution in [0.1, 0.15) is 16.8 Å². The molecule has 7 heteroatoms. The van der Waals surface area contributed by atoms with Crippen molar-refractivity contribution in [2.24, 2.45) is 0 Å². The number of hydrogen-bond acceptors (Lipinski definition) is 4. The fourth-order valence-electron chi connectivity index (χ4n) is 1.72. The number of hydrogen-bond donors (Lipinski definition) is 2. The average Bonchev–Trinajstić information content (AvgIpc) is 2.52. The predicted molar refractivity (Wildman–Crippen MR) is 81.0 cm³/mol. The van der Waals surface area contributed by atoms with E-state index in [2.05, 4.69) is 10.3 Å². The number of pyridine rings is 1. The molecule has 2 N–H and O–H groups in total. The number of aromatic nitrogens is 1. The molecule has 0 spiro atoms. The molecule has 0 fully saturated rings. The fraction of sp³-hybridized carbons (Fsp3) is 0.200. The van der Waals surface area contributed by atoms with Crippen LogP contribution in [0, 0.1) is 11.6 Å². The summed E-state index contributed by atoms with van der Waals surface area (Å²) in [5.74, 6) is -2.33. The summed E-state index contributed by atoms with van der Waals surface area (Å²) < 4.78 is 26.8. The smallest absolute Gasteiger partial charge is 0.258 e. The Labute approximate surface area is 130 Å². The highest BCUT2D eigenvalue weighted by molar-refractivity contribution is 7.99. The molecule has 0 radical (unpaired) electrons. The molecule has 116 valence electrons. The van der Waals surface area contributed by atoms with Gasteiger partial charge in [-0.05, 0) is 24.6 Å². The molecule has 0 bridgehead atoms. The summed E-state index contributed by atoms with van der Waals surface area (Å²) in [6.45, 7) is 0.0777. The van der Waals surface area contributed by atoms with Crippen molar-refractivity contribution >= 4 is 23.4 Å². The first-order chi connectivity index (χ1) is 10.6. The van der Waals surface area contributed by atoms with Gasteiger partial charge in [0.1, 0.15) is 0 Å². The molecule has 2 aromatic rings. The second kappa shape index (κ2) is 7.86. The molecule has 1 aromatic heterocycles. The maximum atomic E-state index is 13.6. The highest BCUT2D eigenvalue weighted by Crippen LogP contribution is 2.27. The molecule has 2 rings (SSSR count). The van der Waals surface area contributed by atoms with Gasteiger partial charge >= 0.3 is 0 Å². The van der Waals surface area contributed by atoms with Gasteiger partial charge in [-0.15, -0.1) is 11.8 Å². The predicted octanol–water partition coefficient (Wildman–Crippen LogP) is 3.09. The standard InChI is InChI=1S/C15H14F2N2O2S/c16-11-4-1-3-10(14(11)17)15(21)19-12-9-18-6-5-13(12)22-8-2-7-20/h1,3-6,9,20H,2,7-8H2,(H,19,21). The zero-order valence-corrected chi connectivity index (χ0v) is 12.4. The summed E-state index contributed by atoms with van der Waals surface area (Å²) in [5.41, 5.74) is 0.0502. The van der Waals surface area contributed by atoms with E-state index in [9.17, 15) is 13.6 Å². The van der Waals surface area contributed by atoms with Crippen molar-refractivity contribution in [3.8, 4) is 0 Å². The van der Waals surface area contributed by atoms with Crippen LogP contribution >= 0.6 is 11.8 Å². The highest BCUT2D eigenvalue weighted by atomic mass is 32.2. The van der Waals surface area contributed by atoms with Gasteiger partial charge in [-0.25, -0.2) is 8.78 Å². The zero-order valence-electron chi connectivity index (χ0n) is 11.6. The maximum absolute atomic E-state index is 13.6. The molecule has 0 saturated carbocycles. The van der Waals surface area contributed by atoms with Gasteiger partial charge in [0.15, 0.2) is 11.6 Å². The van der Waals surface area contributed by atoms with E-state index in [0.29, 0.717) is 17.9 Å². The van der Waals surface area contributed by atoms with Crippen LogP contribution in [0.5, 0.6) is 0 Å². The quantitative estimate of drug-likeness (QED) is 0.633. The van der Waals surface area contributed by atoms with Crippen molar-refractivity contribution in [2.45, 2.75) is 11.3 Å². The lowest BCUT2D eigenvalue weighted by Crippen LogP contribution is -2.15. The molecule has 0 aliphatic heterocycles. The summed E-state index contributed by atoms with van der Waals surface area (Å²) in [6.07, 6.45) is 3.62. The van der Waals surface area contributed by atoms with Crippen molar-refractivity contribution in [3.63, 3.8) is 0 Å². The van der Waals surface area contributed by atoms with Gasteiger partial charge in [0, 0.05) is 23.5 Å². The number of aliphatic hydroxyl groups excluding tert-OH is 1. The Bertz CT molecular complexity index is 668. The number of nitrogens with zero attached hydrogens (tertiary/aromatic N) is 1. The van der Waals surface area contributed by atoms with Crippen molar-refractivity contribution in [1.29, 1.82) is 0 Å². The van der Waals surface area contributed by atoms with Crippen molar-refractivity contribution in [3.05, 3.63) is 53.9 Å². The lowest BCUT2D eigenvalue weighted by Gasteiger charge is -2.10. The number of anilines is 1. The normalized spacial score (nSPS) is 10.5. The second-order valence-corrected chi connectivity index (χ2v) is 5.49. The number of aliphatic hydroxyl groups is 1. The van der Waals surface area contributed by atoms with E-state index >= 15 is 0 Å². The van der Waals surface area contributed by atoms with Crippen LogP contribution in [0.2, 0.25) is 0 Å². The molecule has 22 heavy (non-hydrogen) atoms. The van der Waals surface area contributed by atoms with Crippen LogP contribution < -0.4 is 5.32 Å². The molecule has 0 saturated heterocycles. The minimum absolute atomic E-state index is 0.0777. The summed E-state index contributed by atoms with van der Waals surface area (Å²) in [7, 11) is 0. The van der Waals surface area contributed by atoms with Crippen LogP contribution in [0.25, 0.3) is 0 Å². The van der Waals surface area contributed by atoms with E-state index in [0.717, 1.165) is 11.0 Å². The Morgan fingerprint density at radius 2 is 2.14 bits per heavy atom. The molecule has 1 heterocycles. The number of benzene rings is 1. The van der Waals surface area contributed by atoms with Gasteiger partial charge in [-0.1, -0.05) is 6.07 Å². The van der Waals surface area contributed by atoms with E-state index in [4.69, 9.17) is 5.11 Å². The average molecular weight is 324 g/mol. The van der Waals surface area contributed by atoms with Crippen LogP contribution in [0.3, 0.4) is 0 Å². The Morgan fingerprint density at radius 1 is 1.32 bits per heavy atom. The second-order valence-electron chi connectivity index (χ2n) is 4.35. The van der Waals surface area contributed by atoms with Gasteiger partial charge in [-0.3, -0.25) is 9.78 Å². The number of rotatable bonds is 6. The summed E-state index contributed by atoms with van der Waals surface area (Å²) in [6, 6.07) is 5.14. The minimum Gasteiger partial charge on any atom is -0.396 e. The zero-order chi connectivity index (χ0) is 15.9. The summed E-state index contributed by atoms with van der Waals surface area (Å²) in [4.78, 5) is 16.7. The SMILES string of the molecule is O=C(Nc1cnccc1SCCCO)c1cccc(F)c1F. The number of nitrogens with one attached hydrogen (secondary N) is 1. The number of thioether (sulfide) groups is 1. The third-order valence-electron chi connectivity index (χ3n) is 2.79. The first-order valence-corrected chi connectivity index (χ1v) is 7.55. The molecule has 0 unspecified atom stereocenters. The summed E-state index contributed by atoms with van der Waals surface area (Å²) in [5, 5.41) is 11.3. The highest BCUT2D eigenvalue weighted by Gasteiger charge is 2.16. The third kappa shape index (κ3) is 4.02. The van der Waals surface area contributed by atoms with E-state index in [1.165, 1.54) is 30.1 Å². The van der Waals surface area contributed by atoms with Gasteiger partial charge in [-0.2, -0.15) is 0 Å². The van der Waals surface area contributed by atoms with Crippen LogP contribution in [0.4, 0.5) is 14.5 Å². The van der Waals surface area contributed by atoms with Crippen molar-refractivity contribution in [1.82, 2.24) is 4.98 Å². The molecule has 0 aliphatic carbocycles. The monoisotopic (exact) mass is 324 g/mol. The number of amides is 1. The lowest BCUT2D eigenvalue weighted by atomic mass is 10.2. The molecular formula is C15H14F2N2O2S. The van der Waals surface area contributed by atoms with E-state index in [1.54, 1.807) is 12.3 Å². The van der Waals surface area contributed by atoms with E-state index in [-0.39, 0.29) is 12.2 Å². The molecule has 1 aromatic carbocycles. The van der Waals surface area contributed by atoms with Gasteiger partial charge in [0.25, 0.3) is 5.91 Å². The van der Waals surface area contributed by atoms with Crippen LogP contribution in [0.15, 0.2) is 41.6 Å². The Kier molecular flexibility index (Phi) is 5.85. The van der Waals surface area contributed by atoms with Gasteiger partial charge < -0.3 is 10.4 Å². The Morgan fingerprint density at radius 3 is 2.91 bits per heavy atom. The molecular weight excluding hydrogens is 310 g/mol. The van der Waals surface area contributed by atoms with E-state index < -0.39 is 17.5 Å². The van der Waals surface area contributed by atoms with Crippen LogP contribution in [-0.2, 0) is 0 Å². The topological polar surface area (TPSA) is 62.2 Å². The first kappa shape index (κ1) is 16.4. The number of halogens is 2. The lowest BCUT2D eigenvalue weighted by molar-refractivity contribution is 0.102. The minimum atomic E-state index is -1.18. The van der Waals surface area contributed by atoms with E-state index in [1.807, 2.05) is 0 Å². The fourth-order valence-corrected chi connectivity index (χ4v) is 2.63. The number of carbonyl (C=O) groups excluding carboxylic acids is 1. The molecule has 4 nitrogen and oxygen atoms in total. The Hall–Kier alpha value is -1.99.